The number of hydrogen-bond acceptors (Lipinski definition) is 9. The normalized spacial score (nSPS) is 10.8. The molecule has 44 heavy (non-hydrogen) atoms. The van der Waals surface area contributed by atoms with Crippen molar-refractivity contribution in [3.63, 3.8) is 0 Å². The molecule has 17 heteroatoms. The molecule has 1 aromatic carbocycles. The molecular weight excluding hydrogens is 585 g/mol. The van der Waals surface area contributed by atoms with E-state index in [0.717, 1.165) is 16.4 Å². The number of halogens is 3. The number of carboxylic acid groups (broad SMARTS) is 1. The lowest BCUT2D eigenvalue weighted by atomic mass is 10.0. The number of alkyl halides is 3. The van der Waals surface area contributed by atoms with Crippen LogP contribution in [0.5, 0.6) is 0 Å². The van der Waals surface area contributed by atoms with E-state index in [0.29, 0.717) is 37.2 Å². The van der Waals surface area contributed by atoms with E-state index in [9.17, 15) is 22.8 Å². The molecule has 0 aliphatic heterocycles. The molecule has 0 spiro atoms. The van der Waals surface area contributed by atoms with Gasteiger partial charge in [0, 0.05) is 42.9 Å². The van der Waals surface area contributed by atoms with Crippen molar-refractivity contribution in [3.05, 3.63) is 59.8 Å². The summed E-state index contributed by atoms with van der Waals surface area (Å²) in [6, 6.07) is 6.94. The molecule has 14 nitrogen and oxygen atoms in total. The predicted molar refractivity (Wildman–Crippen MR) is 152 cm³/mol. The van der Waals surface area contributed by atoms with Gasteiger partial charge in [0.05, 0.1) is 30.1 Å². The lowest BCUT2D eigenvalue weighted by Crippen LogP contribution is -2.33. The average molecular weight is 615 g/mol. The third kappa shape index (κ3) is 8.07. The highest BCUT2D eigenvalue weighted by Crippen LogP contribution is 2.37. The van der Waals surface area contributed by atoms with Crippen molar-refractivity contribution >= 4 is 35.4 Å². The van der Waals surface area contributed by atoms with Crippen molar-refractivity contribution in [3.8, 4) is 17.3 Å². The number of rotatable bonds is 11. The van der Waals surface area contributed by atoms with Crippen LogP contribution in [0.4, 0.5) is 24.7 Å². The Morgan fingerprint density at radius 2 is 1.93 bits per heavy atom. The molecule has 2 amide bonds. The first-order valence-electron chi connectivity index (χ1n) is 13.1. The fourth-order valence-electron chi connectivity index (χ4n) is 4.19. The maximum Gasteiger partial charge on any atom is 0.435 e. The predicted octanol–water partition coefficient (Wildman–Crippen LogP) is 2.34. The van der Waals surface area contributed by atoms with E-state index in [4.69, 9.17) is 20.9 Å². The highest BCUT2D eigenvalue weighted by Gasteiger charge is 2.38. The maximum absolute atomic E-state index is 13.7. The van der Waals surface area contributed by atoms with E-state index in [1.165, 1.54) is 23.0 Å². The van der Waals surface area contributed by atoms with Crippen LogP contribution in [-0.4, -0.2) is 67.2 Å². The second-order valence-electron chi connectivity index (χ2n) is 8.98. The zero-order valence-electron chi connectivity index (χ0n) is 23.4. The van der Waals surface area contributed by atoms with Gasteiger partial charge in [-0.3, -0.25) is 23.5 Å². The number of nitrogens with two attached hydrogens (primary N) is 1. The van der Waals surface area contributed by atoms with E-state index in [1.54, 1.807) is 24.3 Å². The minimum atomic E-state index is -4.74. The highest BCUT2D eigenvalue weighted by atomic mass is 19.4. The van der Waals surface area contributed by atoms with Gasteiger partial charge in [-0.15, -0.1) is 0 Å². The molecule has 232 valence electrons. The third-order valence-corrected chi connectivity index (χ3v) is 6.11. The highest BCUT2D eigenvalue weighted by molar-refractivity contribution is 5.96. The van der Waals surface area contributed by atoms with Crippen molar-refractivity contribution in [2.24, 2.45) is 5.73 Å². The number of fused-ring (bicyclic) bond motifs is 1. The van der Waals surface area contributed by atoms with Crippen molar-refractivity contribution in [1.29, 1.82) is 5.26 Å². The number of aromatic nitrogens is 5. The summed E-state index contributed by atoms with van der Waals surface area (Å²) in [5.41, 5.74) is 6.16. The number of amides is 2. The largest absolute Gasteiger partial charge is 0.483 e. The van der Waals surface area contributed by atoms with E-state index >= 15 is 0 Å². The van der Waals surface area contributed by atoms with Crippen LogP contribution < -0.4 is 21.7 Å². The minimum Gasteiger partial charge on any atom is -0.483 e. The van der Waals surface area contributed by atoms with Gasteiger partial charge in [0.15, 0.2) is 17.2 Å². The van der Waals surface area contributed by atoms with Gasteiger partial charge in [-0.25, -0.2) is 9.97 Å². The van der Waals surface area contributed by atoms with Gasteiger partial charge < -0.3 is 26.8 Å². The van der Waals surface area contributed by atoms with Crippen LogP contribution in [0.15, 0.2) is 43.0 Å². The molecular formula is C27H29F3N10O4. The van der Waals surface area contributed by atoms with E-state index in [2.05, 4.69) is 31.0 Å². The van der Waals surface area contributed by atoms with Crippen molar-refractivity contribution in [2.45, 2.75) is 32.5 Å². The first-order chi connectivity index (χ1) is 21.1. The molecule has 0 atom stereocenters. The van der Waals surface area contributed by atoms with Gasteiger partial charge in [0.2, 0.25) is 5.91 Å². The van der Waals surface area contributed by atoms with Crippen LogP contribution in [0.3, 0.4) is 0 Å². The minimum absolute atomic E-state index is 0.0909. The summed E-state index contributed by atoms with van der Waals surface area (Å²) in [5, 5.41) is 27.9. The standard InChI is InChI=1S/C26H27F3N10O2.CH2O2/c1-2-16-12-17(4-5-18(16)25(41)34-8-3-7-32-21(40)13-31)36-23-24-35-14-20(39(24)11-9-33-23)19-15-38(10-6-30)37-22(19)26(27,28)29;2-1-3/h4-5,9,11-12,14-15H,2-3,7-8,10,13,31H2,1H3,(H,32,40)(H,33,36)(H,34,41);1H,(H,2,3). The number of hydrogen-bond donors (Lipinski definition) is 5. The monoisotopic (exact) mass is 614 g/mol. The van der Waals surface area contributed by atoms with Crippen molar-refractivity contribution < 1.29 is 32.7 Å². The summed E-state index contributed by atoms with van der Waals surface area (Å²) in [6.07, 6.45) is 1.73. The lowest BCUT2D eigenvalue weighted by molar-refractivity contribution is -0.141. The van der Waals surface area contributed by atoms with Crippen LogP contribution >= 0.6 is 0 Å². The number of nitrogens with one attached hydrogen (secondary N) is 3. The summed E-state index contributed by atoms with van der Waals surface area (Å²) >= 11 is 0. The van der Waals surface area contributed by atoms with Crippen LogP contribution in [0.25, 0.3) is 16.9 Å². The molecule has 0 fully saturated rings. The quantitative estimate of drug-likeness (QED) is 0.123. The summed E-state index contributed by atoms with van der Waals surface area (Å²) in [7, 11) is 0. The summed E-state index contributed by atoms with van der Waals surface area (Å²) in [6.45, 7) is 1.99. The summed E-state index contributed by atoms with van der Waals surface area (Å²) in [5.74, 6) is -0.230. The van der Waals surface area contributed by atoms with Crippen molar-refractivity contribution in [2.75, 3.05) is 25.0 Å². The fraction of sp³-hybridized carbons (Fsp3) is 0.296. The van der Waals surface area contributed by atoms with Crippen LogP contribution in [0.2, 0.25) is 0 Å². The second kappa shape index (κ2) is 15.1. The Hall–Kier alpha value is -5.50. The second-order valence-corrected chi connectivity index (χ2v) is 8.98. The fourth-order valence-corrected chi connectivity index (χ4v) is 4.19. The molecule has 0 aliphatic carbocycles. The molecule has 0 unspecified atom stereocenters. The number of carbonyl (C=O) groups excluding carboxylic acids is 2. The van der Waals surface area contributed by atoms with Crippen LogP contribution in [-0.2, 0) is 28.7 Å². The summed E-state index contributed by atoms with van der Waals surface area (Å²) < 4.78 is 43.5. The van der Waals surface area contributed by atoms with Crippen LogP contribution in [0, 0.1) is 11.3 Å². The molecule has 4 rings (SSSR count). The number of benzene rings is 1. The van der Waals surface area contributed by atoms with Gasteiger partial charge in [0.25, 0.3) is 12.4 Å². The molecule has 3 aromatic heterocycles. The molecule has 3 heterocycles. The van der Waals surface area contributed by atoms with Crippen LogP contribution in [0.1, 0.15) is 35.0 Å². The number of imidazole rings is 1. The Kier molecular flexibility index (Phi) is 11.3. The average Bonchev–Trinajstić information content (AvgIpc) is 3.62. The van der Waals surface area contributed by atoms with E-state index < -0.39 is 11.9 Å². The zero-order valence-corrected chi connectivity index (χ0v) is 23.4. The molecule has 0 aliphatic rings. The molecule has 0 saturated carbocycles. The Bertz CT molecular complexity index is 1660. The van der Waals surface area contributed by atoms with E-state index in [1.807, 2.05) is 6.92 Å². The first kappa shape index (κ1) is 33.0. The number of anilines is 2. The SMILES string of the molecule is CCc1cc(Nc2nccn3c(-c4cn(CC#N)nc4C(F)(F)F)cnc23)ccc1C(=O)NCCCNC(=O)CN.O=CO. The molecule has 0 saturated heterocycles. The zero-order chi connectivity index (χ0) is 32.3. The van der Waals surface area contributed by atoms with Gasteiger partial charge in [-0.05, 0) is 36.6 Å². The molecule has 4 aromatic rings. The van der Waals surface area contributed by atoms with Crippen molar-refractivity contribution in [1.82, 2.24) is 34.8 Å². The van der Waals surface area contributed by atoms with E-state index in [-0.39, 0.29) is 54.1 Å². The Morgan fingerprint density at radius 3 is 2.59 bits per heavy atom. The number of aryl methyl sites for hydroxylation is 1. The Morgan fingerprint density at radius 1 is 1.20 bits per heavy atom. The lowest BCUT2D eigenvalue weighted by Gasteiger charge is -2.13. The summed E-state index contributed by atoms with van der Waals surface area (Å²) in [4.78, 5) is 40.9. The number of nitrogens with zero attached hydrogens (tertiary/aromatic N) is 6. The number of carbonyl (C=O) groups is 3. The van der Waals surface area contributed by atoms with Gasteiger partial charge in [0.1, 0.15) is 6.54 Å². The third-order valence-electron chi connectivity index (χ3n) is 6.11. The maximum atomic E-state index is 13.7. The Balaban J connectivity index is 0.00000169. The first-order valence-corrected chi connectivity index (χ1v) is 13.1. The smallest absolute Gasteiger partial charge is 0.435 e. The Labute approximate surface area is 248 Å². The molecule has 6 N–H and O–H groups in total. The number of nitriles is 1. The molecule has 0 radical (unpaired) electrons. The van der Waals surface area contributed by atoms with Gasteiger partial charge >= 0.3 is 6.18 Å². The topological polar surface area (TPSA) is 205 Å². The van der Waals surface area contributed by atoms with Gasteiger partial charge in [-0.1, -0.05) is 6.92 Å². The van der Waals surface area contributed by atoms with Gasteiger partial charge in [-0.2, -0.15) is 23.5 Å². The molecule has 0 bridgehead atoms.